The van der Waals surface area contributed by atoms with Crippen LogP contribution in [0.4, 0.5) is 5.82 Å². The average molecular weight is 285 g/mol. The van der Waals surface area contributed by atoms with Crippen LogP contribution in [-0.4, -0.2) is 22.0 Å². The van der Waals surface area contributed by atoms with E-state index in [0.717, 1.165) is 24.4 Å². The van der Waals surface area contributed by atoms with Crippen LogP contribution in [0.3, 0.4) is 0 Å². The van der Waals surface area contributed by atoms with Crippen molar-refractivity contribution in [2.24, 2.45) is 0 Å². The van der Waals surface area contributed by atoms with Crippen LogP contribution in [0.15, 0.2) is 18.3 Å². The number of nitrogens with zero attached hydrogens (tertiary/aromatic N) is 3. The molecule has 4 heteroatoms. The smallest absolute Gasteiger partial charge is 0.228 e. The Morgan fingerprint density at radius 1 is 1.19 bits per heavy atom. The van der Waals surface area contributed by atoms with Gasteiger partial charge in [0.1, 0.15) is 11.5 Å². The molecule has 3 heterocycles. The van der Waals surface area contributed by atoms with Gasteiger partial charge in [0.15, 0.2) is 0 Å². The van der Waals surface area contributed by atoms with Crippen molar-refractivity contribution in [2.45, 2.75) is 52.5 Å². The van der Waals surface area contributed by atoms with Gasteiger partial charge in [-0.05, 0) is 43.9 Å². The number of pyridine rings is 1. The van der Waals surface area contributed by atoms with Crippen molar-refractivity contribution in [1.29, 1.82) is 0 Å². The van der Waals surface area contributed by atoms with Crippen LogP contribution in [0.25, 0.3) is 11.0 Å². The Bertz CT molecular complexity index is 685. The summed E-state index contributed by atoms with van der Waals surface area (Å²) >= 11 is 0. The Balaban J connectivity index is 2.15. The van der Waals surface area contributed by atoms with Crippen LogP contribution in [-0.2, 0) is 4.79 Å². The van der Waals surface area contributed by atoms with Gasteiger partial charge in [0.25, 0.3) is 0 Å². The molecule has 0 atom stereocenters. The van der Waals surface area contributed by atoms with E-state index in [-0.39, 0.29) is 5.91 Å². The first kappa shape index (κ1) is 14.1. The van der Waals surface area contributed by atoms with Crippen LogP contribution >= 0.6 is 0 Å². The number of hydrogen-bond acceptors (Lipinski definition) is 2. The molecule has 3 rings (SSSR count). The lowest BCUT2D eigenvalue weighted by molar-refractivity contribution is -0.117. The highest BCUT2D eigenvalue weighted by molar-refractivity contribution is 5.95. The van der Waals surface area contributed by atoms with Crippen LogP contribution in [0.5, 0.6) is 0 Å². The normalized spacial score (nSPS) is 15.9. The van der Waals surface area contributed by atoms with Gasteiger partial charge >= 0.3 is 0 Å². The van der Waals surface area contributed by atoms with E-state index < -0.39 is 0 Å². The van der Waals surface area contributed by atoms with E-state index >= 15 is 0 Å². The minimum Gasteiger partial charge on any atom is -0.330 e. The lowest BCUT2D eigenvalue weighted by atomic mass is 10.0. The van der Waals surface area contributed by atoms with Gasteiger partial charge in [0.2, 0.25) is 5.91 Å². The molecule has 0 spiro atoms. The number of carbonyl (C=O) groups is 1. The molecule has 0 bridgehead atoms. The Hall–Kier alpha value is -1.84. The van der Waals surface area contributed by atoms with E-state index in [4.69, 9.17) is 4.98 Å². The molecule has 2 aromatic rings. The first-order valence-corrected chi connectivity index (χ1v) is 7.81. The Morgan fingerprint density at radius 2 is 1.95 bits per heavy atom. The number of amides is 1. The van der Waals surface area contributed by atoms with Crippen molar-refractivity contribution >= 4 is 22.8 Å². The van der Waals surface area contributed by atoms with Crippen molar-refractivity contribution in [3.8, 4) is 0 Å². The molecule has 1 amide bonds. The molecule has 1 aliphatic rings. The second-order valence-corrected chi connectivity index (χ2v) is 6.43. The van der Waals surface area contributed by atoms with Crippen LogP contribution < -0.4 is 4.90 Å². The fraction of sp³-hybridized carbons (Fsp3) is 0.529. The topological polar surface area (TPSA) is 38.1 Å². The third kappa shape index (κ3) is 2.33. The largest absolute Gasteiger partial charge is 0.330 e. The van der Waals surface area contributed by atoms with Gasteiger partial charge in [-0.3, -0.25) is 9.69 Å². The van der Waals surface area contributed by atoms with Crippen LogP contribution in [0.2, 0.25) is 0 Å². The first-order chi connectivity index (χ1) is 9.99. The van der Waals surface area contributed by atoms with E-state index in [1.165, 1.54) is 10.9 Å². The van der Waals surface area contributed by atoms with E-state index in [2.05, 4.69) is 44.5 Å². The highest BCUT2D eigenvalue weighted by Gasteiger charge is 2.24. The number of rotatable bonds is 3. The molecule has 21 heavy (non-hydrogen) atoms. The van der Waals surface area contributed by atoms with Gasteiger partial charge in [-0.1, -0.05) is 13.8 Å². The highest BCUT2D eigenvalue weighted by Crippen LogP contribution is 2.31. The molecule has 2 aromatic heterocycles. The van der Waals surface area contributed by atoms with E-state index in [1.54, 1.807) is 0 Å². The molecule has 1 fully saturated rings. The van der Waals surface area contributed by atoms with Crippen molar-refractivity contribution in [2.75, 3.05) is 11.4 Å². The molecule has 0 radical (unpaired) electrons. The lowest BCUT2D eigenvalue weighted by Crippen LogP contribution is -2.24. The minimum atomic E-state index is 0.189. The predicted molar refractivity (Wildman–Crippen MR) is 85.8 cm³/mol. The lowest BCUT2D eigenvalue weighted by Gasteiger charge is -2.15. The molecule has 1 saturated heterocycles. The zero-order valence-corrected chi connectivity index (χ0v) is 13.3. The van der Waals surface area contributed by atoms with Gasteiger partial charge in [0.05, 0.1) is 0 Å². The van der Waals surface area contributed by atoms with Gasteiger partial charge in [-0.2, -0.15) is 0 Å². The summed E-state index contributed by atoms with van der Waals surface area (Å²) in [6.07, 6.45) is 3.78. The number of anilines is 1. The van der Waals surface area contributed by atoms with Crippen LogP contribution in [0, 0.1) is 0 Å². The van der Waals surface area contributed by atoms with Crippen molar-refractivity contribution < 1.29 is 4.79 Å². The van der Waals surface area contributed by atoms with E-state index in [9.17, 15) is 4.79 Å². The summed E-state index contributed by atoms with van der Waals surface area (Å²) < 4.78 is 2.22. The molecule has 0 aromatic carbocycles. The second-order valence-electron chi connectivity index (χ2n) is 6.43. The summed E-state index contributed by atoms with van der Waals surface area (Å²) in [5.41, 5.74) is 2.32. The second kappa shape index (κ2) is 5.17. The average Bonchev–Trinajstić information content (AvgIpc) is 3.01. The number of carbonyl (C=O) groups excluding carboxylic acids is 1. The summed E-state index contributed by atoms with van der Waals surface area (Å²) in [6, 6.07) is 4.47. The van der Waals surface area contributed by atoms with Gasteiger partial charge in [0, 0.05) is 30.6 Å². The fourth-order valence-corrected chi connectivity index (χ4v) is 3.04. The molecule has 0 unspecified atom stereocenters. The van der Waals surface area contributed by atoms with E-state index in [0.29, 0.717) is 18.4 Å². The Kier molecular flexibility index (Phi) is 3.47. The Labute approximate surface area is 125 Å². The zero-order chi connectivity index (χ0) is 15.1. The quantitative estimate of drug-likeness (QED) is 0.858. The molecule has 4 nitrogen and oxygen atoms in total. The Morgan fingerprint density at radius 3 is 2.52 bits per heavy atom. The van der Waals surface area contributed by atoms with Crippen LogP contribution in [0.1, 0.15) is 58.1 Å². The van der Waals surface area contributed by atoms with Crippen molar-refractivity contribution in [1.82, 2.24) is 9.55 Å². The summed E-state index contributed by atoms with van der Waals surface area (Å²) in [5, 5.41) is 1.20. The fourth-order valence-electron chi connectivity index (χ4n) is 3.04. The summed E-state index contributed by atoms with van der Waals surface area (Å²) in [4.78, 5) is 18.5. The molecule has 112 valence electrons. The molecule has 1 aliphatic heterocycles. The first-order valence-electron chi connectivity index (χ1n) is 7.81. The van der Waals surface area contributed by atoms with Gasteiger partial charge < -0.3 is 4.57 Å². The molecule has 0 N–H and O–H groups in total. The molecule has 0 aliphatic carbocycles. The summed E-state index contributed by atoms with van der Waals surface area (Å²) in [5.74, 6) is 1.45. The standard InChI is InChI=1S/C17H23N3O/c1-11(2)14-10-20(12(3)4)17-13(14)7-8-15(18-17)19-9-5-6-16(19)21/h7-8,10-12H,5-6,9H2,1-4H3. The molecular formula is C17H23N3O. The van der Waals surface area contributed by atoms with Gasteiger partial charge in [-0.25, -0.2) is 4.98 Å². The summed E-state index contributed by atoms with van der Waals surface area (Å²) in [6.45, 7) is 9.53. The molecule has 0 saturated carbocycles. The number of fused-ring (bicyclic) bond motifs is 1. The minimum absolute atomic E-state index is 0.189. The maximum atomic E-state index is 11.9. The SMILES string of the molecule is CC(C)c1cn(C(C)C)c2nc(N3CCCC3=O)ccc12. The third-order valence-electron chi connectivity index (χ3n) is 4.22. The van der Waals surface area contributed by atoms with Crippen molar-refractivity contribution in [3.05, 3.63) is 23.9 Å². The maximum Gasteiger partial charge on any atom is 0.228 e. The highest BCUT2D eigenvalue weighted by atomic mass is 16.2. The number of hydrogen-bond donors (Lipinski definition) is 0. The van der Waals surface area contributed by atoms with Crippen molar-refractivity contribution in [3.63, 3.8) is 0 Å². The number of aromatic nitrogens is 2. The molecular weight excluding hydrogens is 262 g/mol. The van der Waals surface area contributed by atoms with E-state index in [1.807, 2.05) is 11.0 Å². The third-order valence-corrected chi connectivity index (χ3v) is 4.22. The zero-order valence-electron chi connectivity index (χ0n) is 13.3. The monoisotopic (exact) mass is 285 g/mol. The summed E-state index contributed by atoms with van der Waals surface area (Å²) in [7, 11) is 0. The maximum absolute atomic E-state index is 11.9. The predicted octanol–water partition coefficient (Wildman–Crippen LogP) is 3.87. The van der Waals surface area contributed by atoms with Gasteiger partial charge in [-0.15, -0.1) is 0 Å².